The molecule has 2 rings (SSSR count). The van der Waals surface area contributed by atoms with E-state index < -0.39 is 0 Å². The molecule has 1 aliphatic heterocycles. The zero-order valence-electron chi connectivity index (χ0n) is 10.4. The molecule has 0 aliphatic carbocycles. The summed E-state index contributed by atoms with van der Waals surface area (Å²) in [5.41, 5.74) is 1.27. The number of para-hydroxylation sites is 1. The van der Waals surface area contributed by atoms with Gasteiger partial charge in [0.1, 0.15) is 11.6 Å². The van der Waals surface area contributed by atoms with Crippen molar-refractivity contribution in [2.45, 2.75) is 0 Å². The molecular weight excluding hydrogens is 250 g/mol. The molecule has 0 radical (unpaired) electrons. The van der Waals surface area contributed by atoms with Crippen LogP contribution in [0.25, 0.3) is 0 Å². The van der Waals surface area contributed by atoms with Crippen molar-refractivity contribution in [2.24, 2.45) is 0 Å². The van der Waals surface area contributed by atoms with Crippen molar-refractivity contribution in [1.29, 1.82) is 0 Å². The highest BCUT2D eigenvalue weighted by Gasteiger charge is 2.30. The smallest absolute Gasteiger partial charge is 0.295 e. The second kappa shape index (κ2) is 5.30. The molecule has 1 aromatic carbocycles. The van der Waals surface area contributed by atoms with Gasteiger partial charge in [-0.3, -0.25) is 10.1 Å². The van der Waals surface area contributed by atoms with Crippen molar-refractivity contribution in [2.75, 3.05) is 31.4 Å². The average molecular weight is 265 g/mol. The van der Waals surface area contributed by atoms with Crippen LogP contribution in [-0.2, 0) is 0 Å². The number of nitro groups is 1. The number of anilines is 1. The third-order valence-corrected chi connectivity index (χ3v) is 3.79. The summed E-state index contributed by atoms with van der Waals surface area (Å²) in [4.78, 5) is 14.8. The van der Waals surface area contributed by atoms with Crippen molar-refractivity contribution in [3.8, 4) is 0 Å². The predicted octanol–water partition coefficient (Wildman–Crippen LogP) is 2.20. The zero-order chi connectivity index (χ0) is 13.1. The normalized spacial score (nSPS) is 16.1. The van der Waals surface area contributed by atoms with Gasteiger partial charge < -0.3 is 9.80 Å². The van der Waals surface area contributed by atoms with E-state index in [0.29, 0.717) is 13.2 Å². The Labute approximate surface area is 110 Å². The Morgan fingerprint density at radius 3 is 2.56 bits per heavy atom. The molecule has 6 heteroatoms. The van der Waals surface area contributed by atoms with Gasteiger partial charge in [0.25, 0.3) is 5.70 Å². The van der Waals surface area contributed by atoms with Gasteiger partial charge in [0.15, 0.2) is 0 Å². The lowest BCUT2D eigenvalue weighted by Crippen LogP contribution is -2.43. The molecule has 1 aliphatic rings. The van der Waals surface area contributed by atoms with Crippen molar-refractivity contribution >= 4 is 17.4 Å². The van der Waals surface area contributed by atoms with Crippen LogP contribution in [0.3, 0.4) is 0 Å². The monoisotopic (exact) mass is 265 g/mol. The SMILES string of the molecule is CSC1=C([N+](=O)[O-])CN(c2ccccc2)CN1C. The topological polar surface area (TPSA) is 49.6 Å². The van der Waals surface area contributed by atoms with Crippen LogP contribution in [0, 0.1) is 10.1 Å². The Hall–Kier alpha value is -1.69. The van der Waals surface area contributed by atoms with Gasteiger partial charge in [0, 0.05) is 12.7 Å². The highest BCUT2D eigenvalue weighted by Crippen LogP contribution is 2.28. The first-order valence-electron chi connectivity index (χ1n) is 5.56. The summed E-state index contributed by atoms with van der Waals surface area (Å²) in [7, 11) is 1.88. The van der Waals surface area contributed by atoms with Crippen LogP contribution in [0.2, 0.25) is 0 Å². The molecule has 0 spiro atoms. The van der Waals surface area contributed by atoms with Gasteiger partial charge in [-0.1, -0.05) is 18.2 Å². The fourth-order valence-corrected chi connectivity index (χ4v) is 2.80. The van der Waals surface area contributed by atoms with Gasteiger partial charge in [-0.15, -0.1) is 11.8 Å². The van der Waals surface area contributed by atoms with Crippen LogP contribution in [0.4, 0.5) is 5.69 Å². The number of hydrogen-bond acceptors (Lipinski definition) is 5. The lowest BCUT2D eigenvalue weighted by atomic mass is 10.2. The largest absolute Gasteiger partial charge is 0.346 e. The van der Waals surface area contributed by atoms with Crippen molar-refractivity contribution < 1.29 is 4.92 Å². The Morgan fingerprint density at radius 2 is 2.00 bits per heavy atom. The third-order valence-electron chi connectivity index (χ3n) is 2.85. The summed E-state index contributed by atoms with van der Waals surface area (Å²) < 4.78 is 0. The molecule has 0 amide bonds. The minimum Gasteiger partial charge on any atom is -0.346 e. The van der Waals surface area contributed by atoms with Crippen LogP contribution in [-0.4, -0.2) is 36.3 Å². The fraction of sp³-hybridized carbons (Fsp3) is 0.333. The fourth-order valence-electron chi connectivity index (χ4n) is 2.06. The standard InChI is InChI=1S/C12H15N3O2S/c1-13-9-14(10-6-4-3-5-7-10)8-11(15(16)17)12(13)18-2/h3-7H,8-9H2,1-2H3. The second-order valence-corrected chi connectivity index (χ2v) is 4.88. The van der Waals surface area contributed by atoms with E-state index in [9.17, 15) is 10.1 Å². The molecule has 0 fully saturated rings. The van der Waals surface area contributed by atoms with E-state index in [2.05, 4.69) is 0 Å². The number of hydrogen-bond donors (Lipinski definition) is 0. The van der Waals surface area contributed by atoms with E-state index in [0.717, 1.165) is 10.7 Å². The van der Waals surface area contributed by atoms with Crippen LogP contribution in [0.5, 0.6) is 0 Å². The van der Waals surface area contributed by atoms with Gasteiger partial charge in [-0.05, 0) is 18.4 Å². The minimum absolute atomic E-state index is 0.264. The lowest BCUT2D eigenvalue weighted by molar-refractivity contribution is -0.427. The maximum absolute atomic E-state index is 11.1. The molecule has 0 saturated heterocycles. The minimum atomic E-state index is -0.280. The molecule has 96 valence electrons. The first-order chi connectivity index (χ1) is 8.63. The van der Waals surface area contributed by atoms with Gasteiger partial charge >= 0.3 is 0 Å². The quantitative estimate of drug-likeness (QED) is 0.619. The van der Waals surface area contributed by atoms with E-state index >= 15 is 0 Å². The molecule has 0 atom stereocenters. The number of rotatable bonds is 3. The van der Waals surface area contributed by atoms with E-state index in [1.54, 1.807) is 0 Å². The van der Waals surface area contributed by atoms with Crippen LogP contribution >= 0.6 is 11.8 Å². The van der Waals surface area contributed by atoms with Crippen molar-refractivity contribution in [3.63, 3.8) is 0 Å². The van der Waals surface area contributed by atoms with Crippen LogP contribution < -0.4 is 4.90 Å². The molecule has 0 bridgehead atoms. The number of benzene rings is 1. The summed E-state index contributed by atoms with van der Waals surface area (Å²) in [5, 5.41) is 11.9. The number of nitrogens with zero attached hydrogens (tertiary/aromatic N) is 3. The van der Waals surface area contributed by atoms with Gasteiger partial charge in [-0.2, -0.15) is 0 Å². The Bertz CT molecular complexity index is 475. The molecular formula is C12H15N3O2S. The molecule has 5 nitrogen and oxygen atoms in total. The third kappa shape index (κ3) is 2.43. The second-order valence-electron chi connectivity index (χ2n) is 4.09. The Balaban J connectivity index is 2.31. The van der Waals surface area contributed by atoms with Gasteiger partial charge in [0.2, 0.25) is 0 Å². The average Bonchev–Trinajstić information content (AvgIpc) is 2.38. The maximum atomic E-state index is 11.1. The van der Waals surface area contributed by atoms with E-state index in [1.807, 2.05) is 53.4 Å². The molecule has 0 aromatic heterocycles. The van der Waals surface area contributed by atoms with Crippen molar-refractivity contribution in [1.82, 2.24) is 4.90 Å². The van der Waals surface area contributed by atoms with Crippen LogP contribution in [0.1, 0.15) is 0 Å². The first kappa shape index (κ1) is 12.8. The predicted molar refractivity (Wildman–Crippen MR) is 74.0 cm³/mol. The summed E-state index contributed by atoms with van der Waals surface area (Å²) in [6, 6.07) is 9.75. The highest BCUT2D eigenvalue weighted by molar-refractivity contribution is 8.02. The highest BCUT2D eigenvalue weighted by atomic mass is 32.2. The molecule has 1 heterocycles. The molecule has 0 unspecified atom stereocenters. The van der Waals surface area contributed by atoms with Crippen LogP contribution in [0.15, 0.2) is 41.1 Å². The Morgan fingerprint density at radius 1 is 1.33 bits per heavy atom. The number of thioether (sulfide) groups is 1. The molecule has 18 heavy (non-hydrogen) atoms. The van der Waals surface area contributed by atoms with Crippen molar-refractivity contribution in [3.05, 3.63) is 51.2 Å². The molecule has 1 aromatic rings. The zero-order valence-corrected chi connectivity index (χ0v) is 11.2. The summed E-state index contributed by atoms with van der Waals surface area (Å²) in [6.45, 7) is 1.01. The molecule has 0 saturated carbocycles. The van der Waals surface area contributed by atoms with E-state index in [-0.39, 0.29) is 10.6 Å². The summed E-state index contributed by atoms with van der Waals surface area (Å²) in [5.74, 6) is 0. The maximum Gasteiger partial charge on any atom is 0.295 e. The first-order valence-corrected chi connectivity index (χ1v) is 6.78. The lowest BCUT2D eigenvalue weighted by Gasteiger charge is -2.35. The van der Waals surface area contributed by atoms with Gasteiger partial charge in [-0.25, -0.2) is 0 Å². The Kier molecular flexibility index (Phi) is 3.76. The van der Waals surface area contributed by atoms with Gasteiger partial charge in [0.05, 0.1) is 11.6 Å². The van der Waals surface area contributed by atoms with E-state index in [4.69, 9.17) is 0 Å². The molecule has 0 N–H and O–H groups in total. The summed E-state index contributed by atoms with van der Waals surface area (Å²) in [6.07, 6.45) is 1.87. The van der Waals surface area contributed by atoms with E-state index in [1.165, 1.54) is 11.8 Å². The summed E-state index contributed by atoms with van der Waals surface area (Å²) >= 11 is 1.42.